The molecule has 1 aromatic heterocycles. The van der Waals surface area contributed by atoms with E-state index in [1.807, 2.05) is 9.80 Å². The molecule has 1 amide bonds. The third-order valence-electron chi connectivity index (χ3n) is 8.34. The Morgan fingerprint density at radius 2 is 2.11 bits per heavy atom. The van der Waals surface area contributed by atoms with Gasteiger partial charge in [-0.2, -0.15) is 13.2 Å². The van der Waals surface area contributed by atoms with Crippen LogP contribution in [0.5, 0.6) is 0 Å². The van der Waals surface area contributed by atoms with E-state index in [4.69, 9.17) is 9.47 Å². The predicted octanol–water partition coefficient (Wildman–Crippen LogP) is 2.65. The Balaban J connectivity index is 1.26. The first-order chi connectivity index (χ1) is 17.1. The smallest absolute Gasteiger partial charge is 0.379 e. The maximum absolute atomic E-state index is 14.0. The van der Waals surface area contributed by atoms with Crippen LogP contribution in [-0.2, 0) is 20.4 Å². The molecule has 4 aliphatic rings. The van der Waals surface area contributed by atoms with Crippen molar-refractivity contribution in [1.29, 1.82) is 0 Å². The first-order valence-electron chi connectivity index (χ1n) is 12.7. The Kier molecular flexibility index (Phi) is 6.76. The van der Waals surface area contributed by atoms with Crippen LogP contribution in [0.3, 0.4) is 0 Å². The lowest BCUT2D eigenvalue weighted by Crippen LogP contribution is -2.55. The second-order valence-electron chi connectivity index (χ2n) is 10.7. The number of likely N-dealkylation sites (tertiary alicyclic amines) is 1. The molecule has 1 N–H and O–H groups in total. The molecule has 5 rings (SSSR count). The van der Waals surface area contributed by atoms with Gasteiger partial charge in [0.15, 0.2) is 0 Å². The number of anilines is 1. The fourth-order valence-electron chi connectivity index (χ4n) is 6.22. The highest BCUT2D eigenvalue weighted by Gasteiger charge is 2.53. The molecule has 0 aromatic carbocycles. The number of fused-ring (bicyclic) bond motifs is 2. The van der Waals surface area contributed by atoms with E-state index in [-0.39, 0.29) is 48.0 Å². The molecule has 0 saturated carbocycles. The fraction of sp³-hybridized carbons (Fsp3) is 0.720. The van der Waals surface area contributed by atoms with Crippen molar-refractivity contribution >= 4 is 11.9 Å². The van der Waals surface area contributed by atoms with Gasteiger partial charge >= 0.3 is 6.18 Å². The van der Waals surface area contributed by atoms with Crippen LogP contribution in [0.1, 0.15) is 38.8 Å². The number of amides is 1. The zero-order valence-electron chi connectivity index (χ0n) is 20.9. The van der Waals surface area contributed by atoms with Gasteiger partial charge in [-0.25, -0.2) is 9.97 Å². The van der Waals surface area contributed by atoms with Gasteiger partial charge in [0.05, 0.1) is 30.2 Å². The van der Waals surface area contributed by atoms with E-state index in [1.165, 1.54) is 0 Å². The molecule has 36 heavy (non-hydrogen) atoms. The second kappa shape index (κ2) is 9.57. The molecule has 1 aromatic rings. The van der Waals surface area contributed by atoms with Crippen molar-refractivity contribution in [3.8, 4) is 0 Å². The Bertz CT molecular complexity index is 1010. The van der Waals surface area contributed by atoms with Gasteiger partial charge in [-0.15, -0.1) is 0 Å². The Labute approximate surface area is 209 Å². The van der Waals surface area contributed by atoms with Crippen molar-refractivity contribution in [3.63, 3.8) is 0 Å². The van der Waals surface area contributed by atoms with Crippen molar-refractivity contribution in [2.24, 2.45) is 11.3 Å². The fourth-order valence-corrected chi connectivity index (χ4v) is 6.22. The summed E-state index contributed by atoms with van der Waals surface area (Å²) in [5.74, 6) is 0.283. The molecule has 8 nitrogen and oxygen atoms in total. The van der Waals surface area contributed by atoms with Crippen LogP contribution in [0.2, 0.25) is 0 Å². The highest BCUT2D eigenvalue weighted by molar-refractivity contribution is 5.87. The Morgan fingerprint density at radius 1 is 1.31 bits per heavy atom. The van der Waals surface area contributed by atoms with Crippen LogP contribution in [-0.4, -0.2) is 84.5 Å². The van der Waals surface area contributed by atoms with Crippen molar-refractivity contribution < 1.29 is 27.4 Å². The molecule has 1 aliphatic carbocycles. The molecule has 6 atom stereocenters. The van der Waals surface area contributed by atoms with Gasteiger partial charge in [-0.05, 0) is 31.2 Å². The zero-order valence-corrected chi connectivity index (χ0v) is 20.9. The number of piperazine rings is 1. The minimum Gasteiger partial charge on any atom is -0.379 e. The molecule has 2 bridgehead atoms. The minimum absolute atomic E-state index is 0.0183. The summed E-state index contributed by atoms with van der Waals surface area (Å²) in [4.78, 5) is 25.6. The topological polar surface area (TPSA) is 79.8 Å². The van der Waals surface area contributed by atoms with Gasteiger partial charge in [-0.3, -0.25) is 4.79 Å². The van der Waals surface area contributed by atoms with E-state index in [0.29, 0.717) is 39.1 Å². The number of ether oxygens (including phenoxy) is 2. The summed E-state index contributed by atoms with van der Waals surface area (Å²) < 4.78 is 50.5. The molecule has 0 spiro atoms. The van der Waals surface area contributed by atoms with Crippen LogP contribution in [0.15, 0.2) is 24.4 Å². The van der Waals surface area contributed by atoms with E-state index in [9.17, 15) is 18.0 Å². The van der Waals surface area contributed by atoms with Crippen LogP contribution >= 0.6 is 0 Å². The number of hydrogen-bond acceptors (Lipinski definition) is 7. The number of nitrogens with zero attached hydrogens (tertiary/aromatic N) is 4. The number of halogens is 3. The van der Waals surface area contributed by atoms with E-state index < -0.39 is 17.3 Å². The van der Waals surface area contributed by atoms with Crippen LogP contribution in [0.25, 0.3) is 0 Å². The lowest BCUT2D eigenvalue weighted by atomic mass is 9.74. The number of methoxy groups -OCH3 is 1. The molecule has 11 heteroatoms. The molecule has 198 valence electrons. The lowest BCUT2D eigenvalue weighted by Gasteiger charge is -2.41. The predicted molar refractivity (Wildman–Crippen MR) is 126 cm³/mol. The normalized spacial score (nSPS) is 34.2. The van der Waals surface area contributed by atoms with Gasteiger partial charge in [0.2, 0.25) is 11.9 Å². The molecular formula is C25H34F3N5O3. The SMILES string of the molecule is CO[C@@H]1COCC[C@@H]1N[C@@H]1C=C[C@@](C(=O)N2C[C@H]3C[C@H]2CN3c2nccc(C(F)(F)F)n2)(C(C)C)C1. The summed E-state index contributed by atoms with van der Waals surface area (Å²) in [6.45, 7) is 6.30. The molecular weight excluding hydrogens is 475 g/mol. The van der Waals surface area contributed by atoms with Crippen molar-refractivity contribution in [1.82, 2.24) is 20.2 Å². The zero-order chi connectivity index (χ0) is 25.7. The summed E-state index contributed by atoms with van der Waals surface area (Å²) >= 11 is 0. The van der Waals surface area contributed by atoms with Gasteiger partial charge in [0.25, 0.3) is 0 Å². The number of hydrogen-bond donors (Lipinski definition) is 1. The summed E-state index contributed by atoms with van der Waals surface area (Å²) in [5.41, 5.74) is -1.57. The van der Waals surface area contributed by atoms with Crippen molar-refractivity contribution in [2.45, 2.75) is 69.6 Å². The molecule has 0 unspecified atom stereocenters. The number of carbonyl (C=O) groups excluding carboxylic acids is 1. The summed E-state index contributed by atoms with van der Waals surface area (Å²) in [7, 11) is 1.69. The standard InChI is InChI=1S/C25H34F3N5O3/c1-15(2)24(7-4-16(11-24)30-19-6-9-36-14-20(19)35-3)22(34)32-12-18-10-17(32)13-33(18)23-29-8-5-21(31-23)25(26,27)28/h4-5,7-8,15-20,30H,6,9-14H2,1-3H3/t16-,17+,18-,19+,20-,24+/m1/s1. The first-order valence-corrected chi connectivity index (χ1v) is 12.7. The van der Waals surface area contributed by atoms with E-state index in [2.05, 4.69) is 41.3 Å². The number of nitrogens with one attached hydrogen (secondary N) is 1. The third kappa shape index (κ3) is 4.50. The molecule has 4 heterocycles. The highest BCUT2D eigenvalue weighted by atomic mass is 19.4. The summed E-state index contributed by atoms with van der Waals surface area (Å²) in [6, 6.07) is 0.958. The monoisotopic (exact) mass is 509 g/mol. The minimum atomic E-state index is -4.52. The highest BCUT2D eigenvalue weighted by Crippen LogP contribution is 2.45. The summed E-state index contributed by atoms with van der Waals surface area (Å²) in [5, 5.41) is 3.67. The van der Waals surface area contributed by atoms with E-state index in [0.717, 1.165) is 18.7 Å². The average Bonchev–Trinajstić information content (AvgIpc) is 3.58. The molecule has 3 fully saturated rings. The molecule has 0 radical (unpaired) electrons. The van der Waals surface area contributed by atoms with Crippen LogP contribution in [0, 0.1) is 11.3 Å². The summed E-state index contributed by atoms with van der Waals surface area (Å²) in [6.07, 6.45) is 3.03. The number of rotatable bonds is 6. The first kappa shape index (κ1) is 25.4. The van der Waals surface area contributed by atoms with Crippen molar-refractivity contribution in [2.75, 3.05) is 38.3 Å². The lowest BCUT2D eigenvalue weighted by molar-refractivity contribution is -0.143. The van der Waals surface area contributed by atoms with E-state index >= 15 is 0 Å². The van der Waals surface area contributed by atoms with Crippen LogP contribution in [0.4, 0.5) is 19.1 Å². The van der Waals surface area contributed by atoms with Gasteiger partial charge < -0.3 is 24.6 Å². The number of aromatic nitrogens is 2. The quantitative estimate of drug-likeness (QED) is 0.591. The van der Waals surface area contributed by atoms with Crippen molar-refractivity contribution in [3.05, 3.63) is 30.1 Å². The average molecular weight is 510 g/mol. The van der Waals surface area contributed by atoms with Crippen LogP contribution < -0.4 is 10.2 Å². The molecule has 3 saturated heterocycles. The second-order valence-corrected chi connectivity index (χ2v) is 10.7. The third-order valence-corrected chi connectivity index (χ3v) is 8.34. The number of alkyl halides is 3. The number of carbonyl (C=O) groups is 1. The van der Waals surface area contributed by atoms with E-state index in [1.54, 1.807) is 7.11 Å². The Morgan fingerprint density at radius 3 is 2.78 bits per heavy atom. The van der Waals surface area contributed by atoms with Gasteiger partial charge in [0.1, 0.15) is 5.69 Å². The van der Waals surface area contributed by atoms with Gasteiger partial charge in [-0.1, -0.05) is 26.0 Å². The molecule has 3 aliphatic heterocycles. The maximum Gasteiger partial charge on any atom is 0.433 e. The largest absolute Gasteiger partial charge is 0.433 e. The Hall–Kier alpha value is -2.24. The van der Waals surface area contributed by atoms with Gasteiger partial charge in [0, 0.05) is 45.1 Å². The maximum atomic E-state index is 14.0.